The molecule has 3 heteroatoms. The monoisotopic (exact) mass is 140 g/mol. The molecule has 1 rings (SSSR count). The van der Waals surface area contributed by atoms with E-state index in [0.717, 1.165) is 5.70 Å². The first-order chi connectivity index (χ1) is 4.52. The van der Waals surface area contributed by atoms with Gasteiger partial charge in [-0.25, -0.2) is 0 Å². The molecule has 3 nitrogen and oxygen atoms in total. The van der Waals surface area contributed by atoms with Crippen LogP contribution in [0.15, 0.2) is 12.3 Å². The first-order valence-corrected chi connectivity index (χ1v) is 3.26. The SMILES string of the molecule is C=C1NCC(=O)NC1(C)C. The molecular formula is C7H12N2O. The lowest BCUT2D eigenvalue weighted by Gasteiger charge is -2.33. The standard InChI is InChI=1S/C7H12N2O/c1-5-7(2,3)9-6(10)4-8-5/h8H,1,4H2,2-3H3,(H,9,10). The highest BCUT2D eigenvalue weighted by atomic mass is 16.2. The lowest BCUT2D eigenvalue weighted by atomic mass is 9.99. The molecule has 0 unspecified atom stereocenters. The molecule has 0 atom stereocenters. The van der Waals surface area contributed by atoms with Crippen LogP contribution in [0.2, 0.25) is 0 Å². The molecule has 0 aromatic heterocycles. The highest BCUT2D eigenvalue weighted by Crippen LogP contribution is 2.13. The van der Waals surface area contributed by atoms with Crippen molar-refractivity contribution in [1.82, 2.24) is 10.6 Å². The van der Waals surface area contributed by atoms with E-state index in [1.165, 1.54) is 0 Å². The molecular weight excluding hydrogens is 128 g/mol. The Labute approximate surface area is 60.5 Å². The predicted molar refractivity (Wildman–Crippen MR) is 39.4 cm³/mol. The van der Waals surface area contributed by atoms with E-state index in [9.17, 15) is 4.79 Å². The molecule has 0 aliphatic carbocycles. The van der Waals surface area contributed by atoms with Crippen LogP contribution < -0.4 is 10.6 Å². The average Bonchev–Trinajstić information content (AvgIpc) is 1.78. The van der Waals surface area contributed by atoms with Crippen molar-refractivity contribution in [3.05, 3.63) is 12.3 Å². The van der Waals surface area contributed by atoms with Crippen LogP contribution >= 0.6 is 0 Å². The van der Waals surface area contributed by atoms with Crippen molar-refractivity contribution in [2.24, 2.45) is 0 Å². The van der Waals surface area contributed by atoms with Gasteiger partial charge in [-0.1, -0.05) is 6.58 Å². The number of hydrogen-bond acceptors (Lipinski definition) is 2. The molecule has 1 saturated heterocycles. The van der Waals surface area contributed by atoms with Crippen LogP contribution in [0.1, 0.15) is 13.8 Å². The van der Waals surface area contributed by atoms with Crippen LogP contribution in [0, 0.1) is 0 Å². The second kappa shape index (κ2) is 2.01. The summed E-state index contributed by atoms with van der Waals surface area (Å²) in [6, 6.07) is 0. The van der Waals surface area contributed by atoms with Gasteiger partial charge in [-0.3, -0.25) is 4.79 Å². The van der Waals surface area contributed by atoms with Gasteiger partial charge in [-0.05, 0) is 13.8 Å². The Bertz CT molecular complexity index is 184. The Balaban J connectivity index is 2.73. The summed E-state index contributed by atoms with van der Waals surface area (Å²) in [5.74, 6) is 0.0254. The van der Waals surface area contributed by atoms with E-state index in [0.29, 0.717) is 6.54 Å². The zero-order valence-corrected chi connectivity index (χ0v) is 6.32. The largest absolute Gasteiger partial charge is 0.378 e. The first-order valence-electron chi connectivity index (χ1n) is 3.26. The highest BCUT2D eigenvalue weighted by Gasteiger charge is 2.27. The van der Waals surface area contributed by atoms with Gasteiger partial charge < -0.3 is 10.6 Å². The molecule has 2 N–H and O–H groups in total. The number of carbonyl (C=O) groups excluding carboxylic acids is 1. The van der Waals surface area contributed by atoms with Crippen molar-refractivity contribution in [3.8, 4) is 0 Å². The van der Waals surface area contributed by atoms with Gasteiger partial charge in [0.25, 0.3) is 0 Å². The van der Waals surface area contributed by atoms with Crippen LogP contribution in [-0.2, 0) is 4.79 Å². The van der Waals surface area contributed by atoms with Crippen molar-refractivity contribution in [2.75, 3.05) is 6.54 Å². The Morgan fingerprint density at radius 3 is 2.60 bits per heavy atom. The second-order valence-corrected chi connectivity index (χ2v) is 3.01. The van der Waals surface area contributed by atoms with Crippen LogP contribution in [0.5, 0.6) is 0 Å². The summed E-state index contributed by atoms with van der Waals surface area (Å²) in [6.45, 7) is 7.96. The molecule has 10 heavy (non-hydrogen) atoms. The van der Waals surface area contributed by atoms with E-state index in [-0.39, 0.29) is 11.4 Å². The van der Waals surface area contributed by atoms with Crippen molar-refractivity contribution in [1.29, 1.82) is 0 Å². The van der Waals surface area contributed by atoms with E-state index >= 15 is 0 Å². The summed E-state index contributed by atoms with van der Waals surface area (Å²) in [4.78, 5) is 10.8. The molecule has 1 aliphatic rings. The highest BCUT2D eigenvalue weighted by molar-refractivity contribution is 5.80. The Morgan fingerprint density at radius 2 is 2.20 bits per heavy atom. The fraction of sp³-hybridized carbons (Fsp3) is 0.571. The summed E-state index contributed by atoms with van der Waals surface area (Å²) in [5, 5.41) is 5.72. The normalized spacial score (nSPS) is 23.4. The summed E-state index contributed by atoms with van der Waals surface area (Å²) in [5.41, 5.74) is 0.571. The van der Waals surface area contributed by atoms with E-state index in [1.807, 2.05) is 13.8 Å². The predicted octanol–water partition coefficient (Wildman–Crippen LogP) is -0.00190. The van der Waals surface area contributed by atoms with Crippen molar-refractivity contribution in [3.63, 3.8) is 0 Å². The minimum Gasteiger partial charge on any atom is -0.378 e. The Kier molecular flexibility index (Phi) is 1.43. The number of nitrogens with one attached hydrogen (secondary N) is 2. The summed E-state index contributed by atoms with van der Waals surface area (Å²) in [6.07, 6.45) is 0. The minimum absolute atomic E-state index is 0.0254. The number of amides is 1. The van der Waals surface area contributed by atoms with Gasteiger partial charge in [0.15, 0.2) is 0 Å². The molecule has 1 aliphatic heterocycles. The third kappa shape index (κ3) is 1.12. The van der Waals surface area contributed by atoms with Gasteiger partial charge in [0.1, 0.15) is 0 Å². The summed E-state index contributed by atoms with van der Waals surface area (Å²) in [7, 11) is 0. The van der Waals surface area contributed by atoms with Crippen molar-refractivity contribution < 1.29 is 4.79 Å². The lowest BCUT2D eigenvalue weighted by Crippen LogP contribution is -2.56. The van der Waals surface area contributed by atoms with E-state index in [1.54, 1.807) is 0 Å². The number of hydrogen-bond donors (Lipinski definition) is 2. The lowest BCUT2D eigenvalue weighted by molar-refractivity contribution is -0.122. The van der Waals surface area contributed by atoms with E-state index < -0.39 is 0 Å². The smallest absolute Gasteiger partial charge is 0.240 e. The second-order valence-electron chi connectivity index (χ2n) is 3.01. The fourth-order valence-corrected chi connectivity index (χ4v) is 0.876. The molecule has 1 amide bonds. The third-order valence-electron chi connectivity index (χ3n) is 1.67. The molecule has 1 fully saturated rings. The molecule has 0 spiro atoms. The maximum absolute atomic E-state index is 10.8. The molecule has 1 heterocycles. The number of carbonyl (C=O) groups is 1. The van der Waals surface area contributed by atoms with Gasteiger partial charge in [0.2, 0.25) is 5.91 Å². The average molecular weight is 140 g/mol. The van der Waals surface area contributed by atoms with Crippen molar-refractivity contribution >= 4 is 5.91 Å². The molecule has 0 aromatic carbocycles. The van der Waals surface area contributed by atoms with E-state index in [4.69, 9.17) is 0 Å². The quantitative estimate of drug-likeness (QED) is 0.497. The minimum atomic E-state index is -0.296. The molecule has 56 valence electrons. The Morgan fingerprint density at radius 1 is 1.60 bits per heavy atom. The maximum Gasteiger partial charge on any atom is 0.240 e. The topological polar surface area (TPSA) is 41.1 Å². The number of piperazine rings is 1. The van der Waals surface area contributed by atoms with Crippen LogP contribution in [-0.4, -0.2) is 18.0 Å². The molecule has 0 aromatic rings. The zero-order chi connectivity index (χ0) is 7.78. The molecule has 0 saturated carbocycles. The third-order valence-corrected chi connectivity index (χ3v) is 1.67. The van der Waals surface area contributed by atoms with Crippen LogP contribution in [0.3, 0.4) is 0 Å². The van der Waals surface area contributed by atoms with Gasteiger partial charge in [-0.15, -0.1) is 0 Å². The van der Waals surface area contributed by atoms with Crippen molar-refractivity contribution in [2.45, 2.75) is 19.4 Å². The van der Waals surface area contributed by atoms with E-state index in [2.05, 4.69) is 17.2 Å². The van der Waals surface area contributed by atoms with Gasteiger partial charge >= 0.3 is 0 Å². The fourth-order valence-electron chi connectivity index (χ4n) is 0.876. The zero-order valence-electron chi connectivity index (χ0n) is 6.32. The maximum atomic E-state index is 10.8. The summed E-state index contributed by atoms with van der Waals surface area (Å²) < 4.78 is 0. The summed E-state index contributed by atoms with van der Waals surface area (Å²) >= 11 is 0. The van der Waals surface area contributed by atoms with Crippen LogP contribution in [0.4, 0.5) is 0 Å². The number of rotatable bonds is 0. The van der Waals surface area contributed by atoms with Gasteiger partial charge in [-0.2, -0.15) is 0 Å². The van der Waals surface area contributed by atoms with Gasteiger partial charge in [0, 0.05) is 5.70 Å². The first kappa shape index (κ1) is 7.12. The van der Waals surface area contributed by atoms with Gasteiger partial charge in [0.05, 0.1) is 12.1 Å². The molecule has 0 bridgehead atoms. The Hall–Kier alpha value is -0.990. The van der Waals surface area contributed by atoms with Crippen LogP contribution in [0.25, 0.3) is 0 Å². The molecule has 0 radical (unpaired) electrons.